The maximum Gasteiger partial charge on any atom is 0.416 e. The fraction of sp³-hybridized carbons (Fsp3) is 0.111. The molecule has 0 aliphatic rings. The predicted octanol–water partition coefficient (Wildman–Crippen LogP) is 11.3. The molecule has 0 fully saturated rings. The molecule has 7 aromatic rings. The smallest absolute Gasteiger partial charge is 0.289 e. The van der Waals surface area contributed by atoms with Crippen LogP contribution in [0.15, 0.2) is 94.5 Å². The van der Waals surface area contributed by atoms with Crippen LogP contribution in [0, 0.1) is 0 Å². The van der Waals surface area contributed by atoms with Crippen LogP contribution in [0.3, 0.4) is 0 Å². The van der Waals surface area contributed by atoms with Gasteiger partial charge in [0, 0.05) is 21.5 Å². The van der Waals surface area contributed by atoms with Crippen LogP contribution in [-0.2, 0) is 24.7 Å². The summed E-state index contributed by atoms with van der Waals surface area (Å²) in [7, 11) is 0. The molecule has 7 rings (SSSR count). The fourth-order valence-electron chi connectivity index (χ4n) is 6.25. The van der Waals surface area contributed by atoms with Crippen LogP contribution in [0.25, 0.3) is 65.3 Å². The van der Waals surface area contributed by atoms with Crippen LogP contribution in [0.4, 0.5) is 52.7 Å². The van der Waals surface area contributed by atoms with Gasteiger partial charge in [0.15, 0.2) is 10.9 Å². The molecule has 2 nitrogen and oxygen atoms in total. The van der Waals surface area contributed by atoms with Crippen molar-refractivity contribution in [2.75, 3.05) is 0 Å². The monoisotopic (exact) mass is 706 g/mol. The highest BCUT2D eigenvalue weighted by atomic mass is 19.4. The van der Waals surface area contributed by atoms with Crippen molar-refractivity contribution in [3.63, 3.8) is 0 Å². The van der Waals surface area contributed by atoms with Crippen LogP contribution in [0.1, 0.15) is 22.3 Å². The molecule has 0 aliphatic carbocycles. The number of rotatable bonds is 2. The summed E-state index contributed by atoms with van der Waals surface area (Å²) in [6.45, 7) is 0. The van der Waals surface area contributed by atoms with Crippen molar-refractivity contribution in [3.8, 4) is 22.3 Å². The third kappa shape index (κ3) is 5.42. The van der Waals surface area contributed by atoms with E-state index in [1.54, 1.807) is 0 Å². The highest BCUT2D eigenvalue weighted by Gasteiger charge is 2.38. The number of alkyl halides is 12. The van der Waals surface area contributed by atoms with Crippen molar-refractivity contribution in [1.82, 2.24) is 0 Å². The maximum atomic E-state index is 13.6. The Bertz CT molecular complexity index is 2380. The summed E-state index contributed by atoms with van der Waals surface area (Å²) in [5.41, 5.74) is -8.52. The van der Waals surface area contributed by atoms with Crippen molar-refractivity contribution in [3.05, 3.63) is 128 Å². The van der Waals surface area contributed by atoms with E-state index < -0.39 is 68.9 Å². The van der Waals surface area contributed by atoms with Gasteiger partial charge in [0.05, 0.1) is 22.3 Å². The van der Waals surface area contributed by atoms with Gasteiger partial charge in [-0.25, -0.2) is 0 Å². The number of benzene rings is 5. The van der Waals surface area contributed by atoms with Crippen molar-refractivity contribution in [2.24, 2.45) is 0 Å². The first-order valence-electron chi connectivity index (χ1n) is 14.3. The quantitative estimate of drug-likeness (QED) is 0.168. The fourth-order valence-corrected chi connectivity index (χ4v) is 6.25. The molecule has 7 aromatic carbocycles. The normalized spacial score (nSPS) is 13.4. The van der Waals surface area contributed by atoms with Crippen molar-refractivity contribution < 1.29 is 52.7 Å². The lowest BCUT2D eigenvalue weighted by atomic mass is 9.97. The van der Waals surface area contributed by atoms with Crippen LogP contribution >= 0.6 is 0 Å². The Morgan fingerprint density at radius 3 is 0.840 bits per heavy atom. The first-order valence-corrected chi connectivity index (χ1v) is 14.3. The van der Waals surface area contributed by atoms with E-state index in [1.165, 1.54) is 36.4 Å². The molecule has 0 atom stereocenters. The van der Waals surface area contributed by atoms with E-state index in [9.17, 15) is 62.3 Å². The molecule has 0 unspecified atom stereocenters. The van der Waals surface area contributed by atoms with E-state index in [1.807, 2.05) is 0 Å². The number of fused-ring (bicyclic) bond motifs is 6. The summed E-state index contributed by atoms with van der Waals surface area (Å²) < 4.78 is 162. The number of hydrogen-bond donors (Lipinski definition) is 0. The Hall–Kier alpha value is -5.40. The molecule has 0 radical (unpaired) electrons. The molecule has 0 amide bonds. The first-order chi connectivity index (χ1) is 23.1. The van der Waals surface area contributed by atoms with Gasteiger partial charge in [-0.05, 0) is 104 Å². The molecule has 0 spiro atoms. The lowest BCUT2D eigenvalue weighted by molar-refractivity contribution is -0.144. The Morgan fingerprint density at radius 1 is 0.280 bits per heavy atom. The van der Waals surface area contributed by atoms with E-state index >= 15 is 0 Å². The molecular formula is C36H14F12O2. The lowest BCUT2D eigenvalue weighted by Gasteiger charge is -2.14. The van der Waals surface area contributed by atoms with Gasteiger partial charge >= 0.3 is 24.7 Å². The highest BCUT2D eigenvalue weighted by Crippen LogP contribution is 2.42. The standard InChI is InChI=1S/C36H14F12O2/c37-33(38,39)19-5-17(6-20(11-19)34(40,41)42)15-1-3-23-25-13-30-26(14-29(25)31(49)27(23)9-15)24-4-2-16(10-28(24)32(30)50)18-7-21(35(43,44)45)12-22(8-18)36(46,47)48/h1-14H. The second-order valence-electron chi connectivity index (χ2n) is 11.7. The minimum absolute atomic E-state index is 0.0173. The van der Waals surface area contributed by atoms with Crippen molar-refractivity contribution in [1.29, 1.82) is 0 Å². The molecule has 0 aliphatic heterocycles. The van der Waals surface area contributed by atoms with Gasteiger partial charge in [0.25, 0.3) is 0 Å². The largest absolute Gasteiger partial charge is 0.416 e. The second-order valence-corrected chi connectivity index (χ2v) is 11.7. The van der Waals surface area contributed by atoms with E-state index in [0.717, 1.165) is 12.1 Å². The van der Waals surface area contributed by atoms with Gasteiger partial charge in [-0.15, -0.1) is 0 Å². The van der Waals surface area contributed by atoms with Crippen LogP contribution < -0.4 is 10.9 Å². The molecule has 14 heteroatoms. The summed E-state index contributed by atoms with van der Waals surface area (Å²) in [4.78, 5) is 27.1. The molecule has 0 saturated heterocycles. The zero-order valence-electron chi connectivity index (χ0n) is 24.4. The summed E-state index contributed by atoms with van der Waals surface area (Å²) in [5, 5.41) is 1.01. The van der Waals surface area contributed by atoms with Gasteiger partial charge in [-0.1, -0.05) is 24.3 Å². The zero-order chi connectivity index (χ0) is 36.3. The first kappa shape index (κ1) is 33.1. The average Bonchev–Trinajstić information content (AvgIpc) is 3.47. The SMILES string of the molecule is O=c1c2cc(-c3cc(C(F)(F)F)cc(C(F)(F)F)c3)ccc2c2cc3c(=O)c4cc(-c5cc(C(F)(F)F)cc(C(F)(F)F)c5)ccc4c3cc12. The minimum atomic E-state index is -5.10. The molecule has 0 N–H and O–H groups in total. The molecule has 254 valence electrons. The van der Waals surface area contributed by atoms with Crippen LogP contribution in [-0.4, -0.2) is 0 Å². The Balaban J connectivity index is 1.39. The Labute approximate surface area is 270 Å². The van der Waals surface area contributed by atoms with Crippen molar-refractivity contribution in [2.45, 2.75) is 24.7 Å². The third-order valence-corrected chi connectivity index (χ3v) is 8.60. The maximum absolute atomic E-state index is 13.6. The lowest BCUT2D eigenvalue weighted by Crippen LogP contribution is -2.11. The van der Waals surface area contributed by atoms with E-state index in [0.29, 0.717) is 24.3 Å². The molecular weight excluding hydrogens is 692 g/mol. The molecule has 50 heavy (non-hydrogen) atoms. The third-order valence-electron chi connectivity index (χ3n) is 8.60. The van der Waals surface area contributed by atoms with Gasteiger partial charge in [-0.2, -0.15) is 52.7 Å². The Kier molecular flexibility index (Phi) is 6.99. The summed E-state index contributed by atoms with van der Waals surface area (Å²) in [6.07, 6.45) is -20.4. The summed E-state index contributed by atoms with van der Waals surface area (Å²) in [6, 6.07) is 12.3. The van der Waals surface area contributed by atoms with Crippen molar-refractivity contribution >= 4 is 43.1 Å². The molecule has 0 saturated carbocycles. The van der Waals surface area contributed by atoms with E-state index in [4.69, 9.17) is 0 Å². The highest BCUT2D eigenvalue weighted by molar-refractivity contribution is 6.21. The van der Waals surface area contributed by atoms with E-state index in [-0.39, 0.29) is 66.3 Å². The molecule has 0 bridgehead atoms. The number of halogens is 12. The summed E-state index contributed by atoms with van der Waals surface area (Å²) in [5.74, 6) is 0. The van der Waals surface area contributed by atoms with Gasteiger partial charge in [0.1, 0.15) is 0 Å². The second kappa shape index (κ2) is 10.6. The Morgan fingerprint density at radius 2 is 0.560 bits per heavy atom. The minimum Gasteiger partial charge on any atom is -0.289 e. The topological polar surface area (TPSA) is 34.1 Å². The van der Waals surface area contributed by atoms with E-state index in [2.05, 4.69) is 0 Å². The molecule has 0 heterocycles. The van der Waals surface area contributed by atoms with Gasteiger partial charge in [0.2, 0.25) is 0 Å². The average molecular weight is 706 g/mol. The number of hydrogen-bond acceptors (Lipinski definition) is 2. The van der Waals surface area contributed by atoms with Gasteiger partial charge < -0.3 is 0 Å². The summed E-state index contributed by atoms with van der Waals surface area (Å²) >= 11 is 0. The van der Waals surface area contributed by atoms with Crippen LogP contribution in [0.5, 0.6) is 0 Å². The predicted molar refractivity (Wildman–Crippen MR) is 162 cm³/mol. The molecule has 0 aromatic heterocycles. The van der Waals surface area contributed by atoms with Gasteiger partial charge in [-0.3, -0.25) is 9.59 Å². The zero-order valence-corrected chi connectivity index (χ0v) is 24.4. The van der Waals surface area contributed by atoms with Crippen LogP contribution in [0.2, 0.25) is 0 Å².